The zero-order valence-corrected chi connectivity index (χ0v) is 12.7. The molecule has 20 heavy (non-hydrogen) atoms. The Kier molecular flexibility index (Phi) is 6.01. The van der Waals surface area contributed by atoms with Crippen molar-refractivity contribution in [3.8, 4) is 17.6 Å². The van der Waals surface area contributed by atoms with Crippen LogP contribution >= 0.6 is 12.2 Å². The SMILES string of the molecule is CCOc1cc(/C=C(/C#N)C(N)=S)ccc1OC(C)C. The number of ether oxygens (including phenoxy) is 2. The number of nitrogens with two attached hydrogens (primary N) is 1. The molecule has 0 saturated heterocycles. The Bertz CT molecular complexity index is 559. The van der Waals surface area contributed by atoms with Crippen molar-refractivity contribution >= 4 is 23.3 Å². The molecular formula is C15H18N2O2S. The van der Waals surface area contributed by atoms with Crippen LogP contribution in [0, 0.1) is 11.3 Å². The molecule has 2 N–H and O–H groups in total. The van der Waals surface area contributed by atoms with Crippen molar-refractivity contribution in [1.82, 2.24) is 0 Å². The number of rotatable bonds is 6. The van der Waals surface area contributed by atoms with Gasteiger partial charge in [0.1, 0.15) is 11.1 Å². The first-order chi connectivity index (χ1) is 9.47. The van der Waals surface area contributed by atoms with E-state index in [1.165, 1.54) is 0 Å². The number of hydrogen-bond donors (Lipinski definition) is 1. The van der Waals surface area contributed by atoms with Gasteiger partial charge in [0, 0.05) is 0 Å². The van der Waals surface area contributed by atoms with Crippen molar-refractivity contribution < 1.29 is 9.47 Å². The molecule has 1 aromatic carbocycles. The number of nitrogens with zero attached hydrogens (tertiary/aromatic N) is 1. The Morgan fingerprint density at radius 2 is 2.15 bits per heavy atom. The van der Waals surface area contributed by atoms with Gasteiger partial charge in [-0.3, -0.25) is 0 Å². The first-order valence-electron chi connectivity index (χ1n) is 6.33. The summed E-state index contributed by atoms with van der Waals surface area (Å²) >= 11 is 4.81. The van der Waals surface area contributed by atoms with E-state index >= 15 is 0 Å². The highest BCUT2D eigenvalue weighted by atomic mass is 32.1. The van der Waals surface area contributed by atoms with Crippen molar-refractivity contribution in [2.24, 2.45) is 5.73 Å². The Balaban J connectivity index is 3.16. The fourth-order valence-corrected chi connectivity index (χ4v) is 1.66. The minimum atomic E-state index is 0.0573. The van der Waals surface area contributed by atoms with E-state index in [1.54, 1.807) is 12.1 Å². The van der Waals surface area contributed by atoms with Gasteiger partial charge in [-0.15, -0.1) is 0 Å². The lowest BCUT2D eigenvalue weighted by atomic mass is 10.1. The molecule has 0 amide bonds. The maximum atomic E-state index is 8.96. The van der Waals surface area contributed by atoms with E-state index in [-0.39, 0.29) is 16.7 Å². The monoisotopic (exact) mass is 290 g/mol. The van der Waals surface area contributed by atoms with E-state index in [2.05, 4.69) is 0 Å². The molecule has 0 unspecified atom stereocenters. The summed E-state index contributed by atoms with van der Waals surface area (Å²) < 4.78 is 11.2. The van der Waals surface area contributed by atoms with E-state index in [0.29, 0.717) is 18.1 Å². The van der Waals surface area contributed by atoms with Gasteiger partial charge in [-0.2, -0.15) is 5.26 Å². The molecule has 0 aliphatic carbocycles. The Hall–Kier alpha value is -2.06. The summed E-state index contributed by atoms with van der Waals surface area (Å²) in [7, 11) is 0. The molecule has 1 rings (SSSR count). The molecule has 0 bridgehead atoms. The zero-order chi connectivity index (χ0) is 15.1. The third kappa shape index (κ3) is 4.56. The van der Waals surface area contributed by atoms with Crippen LogP contribution in [0.3, 0.4) is 0 Å². The van der Waals surface area contributed by atoms with Crippen LogP contribution in [0.1, 0.15) is 26.3 Å². The summed E-state index contributed by atoms with van der Waals surface area (Å²) in [5.41, 5.74) is 6.52. The molecule has 0 saturated carbocycles. The maximum absolute atomic E-state index is 8.96. The standard InChI is InChI=1S/C15H18N2O2S/c1-4-18-14-8-11(7-12(9-16)15(17)20)5-6-13(14)19-10(2)3/h5-8,10H,4H2,1-3H3,(H2,17,20)/b12-7-. The lowest BCUT2D eigenvalue weighted by molar-refractivity contribution is 0.224. The van der Waals surface area contributed by atoms with Crippen LogP contribution in [0.15, 0.2) is 23.8 Å². The van der Waals surface area contributed by atoms with Gasteiger partial charge in [-0.1, -0.05) is 18.3 Å². The number of thiocarbonyl (C=S) groups is 1. The number of nitriles is 1. The van der Waals surface area contributed by atoms with E-state index in [0.717, 1.165) is 5.56 Å². The third-order valence-corrected chi connectivity index (χ3v) is 2.55. The largest absolute Gasteiger partial charge is 0.490 e. The van der Waals surface area contributed by atoms with Crippen molar-refractivity contribution in [3.63, 3.8) is 0 Å². The highest BCUT2D eigenvalue weighted by molar-refractivity contribution is 7.80. The normalized spacial score (nSPS) is 11.1. The maximum Gasteiger partial charge on any atom is 0.161 e. The molecule has 106 valence electrons. The highest BCUT2D eigenvalue weighted by Gasteiger charge is 2.08. The first kappa shape index (κ1) is 16.0. The predicted molar refractivity (Wildman–Crippen MR) is 83.8 cm³/mol. The zero-order valence-electron chi connectivity index (χ0n) is 11.8. The van der Waals surface area contributed by atoms with Crippen LogP contribution in [-0.4, -0.2) is 17.7 Å². The molecule has 0 atom stereocenters. The Labute approximate surface area is 124 Å². The van der Waals surface area contributed by atoms with E-state index < -0.39 is 0 Å². The van der Waals surface area contributed by atoms with Crippen molar-refractivity contribution in [2.75, 3.05) is 6.61 Å². The summed E-state index contributed by atoms with van der Waals surface area (Å²) in [5.74, 6) is 1.31. The van der Waals surface area contributed by atoms with Crippen LogP contribution in [0.4, 0.5) is 0 Å². The van der Waals surface area contributed by atoms with Gasteiger partial charge in [0.05, 0.1) is 18.3 Å². The molecule has 4 nitrogen and oxygen atoms in total. The molecule has 0 aliphatic rings. The van der Waals surface area contributed by atoms with Crippen molar-refractivity contribution in [2.45, 2.75) is 26.9 Å². The van der Waals surface area contributed by atoms with Crippen LogP contribution in [-0.2, 0) is 0 Å². The minimum Gasteiger partial charge on any atom is -0.490 e. The molecule has 1 aromatic rings. The van der Waals surface area contributed by atoms with Gasteiger partial charge in [-0.05, 0) is 44.5 Å². The smallest absolute Gasteiger partial charge is 0.161 e. The van der Waals surface area contributed by atoms with E-state index in [9.17, 15) is 0 Å². The average Bonchev–Trinajstić information content (AvgIpc) is 2.38. The van der Waals surface area contributed by atoms with Crippen molar-refractivity contribution in [1.29, 1.82) is 5.26 Å². The molecule has 0 heterocycles. The molecule has 0 aliphatic heterocycles. The lowest BCUT2D eigenvalue weighted by Gasteiger charge is -2.15. The summed E-state index contributed by atoms with van der Waals surface area (Å²) in [6.07, 6.45) is 1.69. The van der Waals surface area contributed by atoms with E-state index in [4.69, 9.17) is 32.7 Å². The quantitative estimate of drug-likeness (QED) is 0.495. The number of benzene rings is 1. The van der Waals surface area contributed by atoms with Crippen LogP contribution in [0.2, 0.25) is 0 Å². The van der Waals surface area contributed by atoms with Gasteiger partial charge in [-0.25, -0.2) is 0 Å². The second-order valence-electron chi connectivity index (χ2n) is 4.34. The molecular weight excluding hydrogens is 272 g/mol. The van der Waals surface area contributed by atoms with E-state index in [1.807, 2.05) is 39.0 Å². The van der Waals surface area contributed by atoms with Gasteiger partial charge in [0.25, 0.3) is 0 Å². The second-order valence-corrected chi connectivity index (χ2v) is 4.78. The average molecular weight is 290 g/mol. The van der Waals surface area contributed by atoms with Crippen molar-refractivity contribution in [3.05, 3.63) is 29.3 Å². The number of hydrogen-bond acceptors (Lipinski definition) is 4. The summed E-state index contributed by atoms with van der Waals surface area (Å²) in [6, 6.07) is 7.41. The molecule has 0 radical (unpaired) electrons. The van der Waals surface area contributed by atoms with Gasteiger partial charge < -0.3 is 15.2 Å². The summed E-state index contributed by atoms with van der Waals surface area (Å²) in [6.45, 7) is 6.33. The molecule has 0 aromatic heterocycles. The van der Waals surface area contributed by atoms with Gasteiger partial charge in [0.2, 0.25) is 0 Å². The topological polar surface area (TPSA) is 68.3 Å². The predicted octanol–water partition coefficient (Wildman–Crippen LogP) is 3.07. The fraction of sp³-hybridized carbons (Fsp3) is 0.333. The molecule has 0 spiro atoms. The third-order valence-electron chi connectivity index (χ3n) is 2.33. The summed E-state index contributed by atoms with van der Waals surface area (Å²) in [5, 5.41) is 8.96. The second kappa shape index (κ2) is 7.51. The highest BCUT2D eigenvalue weighted by Crippen LogP contribution is 2.30. The van der Waals surface area contributed by atoms with Crippen LogP contribution < -0.4 is 15.2 Å². The Morgan fingerprint density at radius 3 is 2.65 bits per heavy atom. The Morgan fingerprint density at radius 1 is 1.45 bits per heavy atom. The van der Waals surface area contributed by atoms with Crippen LogP contribution in [0.5, 0.6) is 11.5 Å². The van der Waals surface area contributed by atoms with Gasteiger partial charge in [0.15, 0.2) is 11.5 Å². The lowest BCUT2D eigenvalue weighted by Crippen LogP contribution is -2.10. The fourth-order valence-electron chi connectivity index (χ4n) is 1.56. The molecule has 0 fully saturated rings. The molecule has 5 heteroatoms. The summed E-state index contributed by atoms with van der Waals surface area (Å²) in [4.78, 5) is 0.0768. The van der Waals surface area contributed by atoms with Gasteiger partial charge >= 0.3 is 0 Å². The van der Waals surface area contributed by atoms with Crippen LogP contribution in [0.25, 0.3) is 6.08 Å². The first-order valence-corrected chi connectivity index (χ1v) is 6.73. The minimum absolute atomic E-state index is 0.0573.